The molecule has 3 aromatic rings. The van der Waals surface area contributed by atoms with Gasteiger partial charge in [0.2, 0.25) is 0 Å². The van der Waals surface area contributed by atoms with Crippen LogP contribution in [-0.4, -0.2) is 11.7 Å². The highest BCUT2D eigenvalue weighted by Gasteiger charge is 2.30. The van der Waals surface area contributed by atoms with E-state index in [4.69, 9.17) is 4.74 Å². The molecule has 31 heavy (non-hydrogen) atoms. The molecule has 1 fully saturated rings. The van der Waals surface area contributed by atoms with Gasteiger partial charge in [-0.3, -0.25) is 0 Å². The second-order valence-electron chi connectivity index (χ2n) is 8.01. The van der Waals surface area contributed by atoms with Gasteiger partial charge in [-0.1, -0.05) is 61.9 Å². The van der Waals surface area contributed by atoms with Crippen molar-refractivity contribution in [3.63, 3.8) is 0 Å². The van der Waals surface area contributed by atoms with Crippen LogP contribution in [-0.2, 0) is 17.6 Å². The molecule has 2 nitrogen and oxygen atoms in total. The van der Waals surface area contributed by atoms with Gasteiger partial charge in [-0.15, -0.1) is 0 Å². The molecule has 0 bridgehead atoms. The summed E-state index contributed by atoms with van der Waals surface area (Å²) in [6.45, 7) is 2.38. The van der Waals surface area contributed by atoms with E-state index in [1.165, 1.54) is 6.07 Å². The second-order valence-corrected chi connectivity index (χ2v) is 8.01. The molecule has 0 saturated carbocycles. The van der Waals surface area contributed by atoms with Crippen molar-refractivity contribution >= 4 is 0 Å². The Bertz CT molecular complexity index is 1060. The molecule has 1 heterocycles. The van der Waals surface area contributed by atoms with Crippen molar-refractivity contribution < 1.29 is 23.0 Å². The van der Waals surface area contributed by atoms with Gasteiger partial charge in [0.15, 0.2) is 11.6 Å². The first-order valence-electron chi connectivity index (χ1n) is 10.6. The number of benzene rings is 3. The lowest BCUT2D eigenvalue weighted by Gasteiger charge is -2.12. The van der Waals surface area contributed by atoms with Gasteiger partial charge in [0, 0.05) is 16.7 Å². The van der Waals surface area contributed by atoms with Crippen molar-refractivity contribution in [2.75, 3.05) is 6.61 Å². The molecule has 1 saturated heterocycles. The number of halogens is 3. The molecule has 4 rings (SSSR count). The number of rotatable bonds is 8. The molecule has 162 valence electrons. The SMILES string of the molecule is CCCC(O)c1ccc(CCc2ccc(-c3ccc(C4CO4)c(F)c3F)cc2)cc1F. The highest BCUT2D eigenvalue weighted by Crippen LogP contribution is 2.35. The molecule has 0 spiro atoms. The van der Waals surface area contributed by atoms with Crippen LogP contribution in [0, 0.1) is 17.5 Å². The minimum absolute atomic E-state index is 0.219. The van der Waals surface area contributed by atoms with Crippen molar-refractivity contribution in [1.29, 1.82) is 0 Å². The number of hydrogen-bond acceptors (Lipinski definition) is 2. The Morgan fingerprint density at radius 1 is 0.935 bits per heavy atom. The van der Waals surface area contributed by atoms with Gasteiger partial charge in [-0.05, 0) is 42.0 Å². The maximum absolute atomic E-state index is 14.5. The first-order valence-corrected chi connectivity index (χ1v) is 10.6. The number of hydrogen-bond donors (Lipinski definition) is 1. The number of ether oxygens (including phenoxy) is 1. The van der Waals surface area contributed by atoms with Gasteiger partial charge >= 0.3 is 0 Å². The fourth-order valence-corrected chi connectivity index (χ4v) is 3.83. The van der Waals surface area contributed by atoms with E-state index >= 15 is 0 Å². The lowest BCUT2D eigenvalue weighted by molar-refractivity contribution is 0.162. The molecule has 0 radical (unpaired) electrons. The molecule has 1 aliphatic rings. The Hall–Kier alpha value is -2.63. The summed E-state index contributed by atoms with van der Waals surface area (Å²) in [5.41, 5.74) is 3.28. The maximum Gasteiger partial charge on any atom is 0.167 e. The van der Waals surface area contributed by atoms with Gasteiger partial charge in [-0.2, -0.15) is 0 Å². The van der Waals surface area contributed by atoms with Crippen LogP contribution in [0.3, 0.4) is 0 Å². The Morgan fingerprint density at radius 3 is 2.26 bits per heavy atom. The van der Waals surface area contributed by atoms with Gasteiger partial charge in [0.05, 0.1) is 12.7 Å². The predicted molar refractivity (Wildman–Crippen MR) is 114 cm³/mol. The van der Waals surface area contributed by atoms with Gasteiger partial charge in [-0.25, -0.2) is 13.2 Å². The minimum atomic E-state index is -0.860. The van der Waals surface area contributed by atoms with Gasteiger partial charge < -0.3 is 9.84 Å². The lowest BCUT2D eigenvalue weighted by Crippen LogP contribution is -2.02. The topological polar surface area (TPSA) is 32.8 Å². The average Bonchev–Trinajstić information content (AvgIpc) is 3.60. The second kappa shape index (κ2) is 9.25. The van der Waals surface area contributed by atoms with Crippen molar-refractivity contribution in [3.05, 3.63) is 94.3 Å². The quantitative estimate of drug-likeness (QED) is 0.419. The summed E-state index contributed by atoms with van der Waals surface area (Å²) in [7, 11) is 0. The molecule has 0 amide bonds. The van der Waals surface area contributed by atoms with Crippen LogP contribution >= 0.6 is 0 Å². The van der Waals surface area contributed by atoms with Crippen LogP contribution in [0.2, 0.25) is 0 Å². The predicted octanol–water partition coefficient (Wildman–Crippen LogP) is 6.46. The van der Waals surface area contributed by atoms with E-state index in [1.54, 1.807) is 30.3 Å². The highest BCUT2D eigenvalue weighted by molar-refractivity contribution is 5.65. The van der Waals surface area contributed by atoms with E-state index in [9.17, 15) is 18.3 Å². The molecular weight excluding hydrogens is 401 g/mol. The largest absolute Gasteiger partial charge is 0.388 e. The van der Waals surface area contributed by atoms with Gasteiger partial charge in [0.25, 0.3) is 0 Å². The van der Waals surface area contributed by atoms with Crippen LogP contribution in [0.15, 0.2) is 54.6 Å². The maximum atomic E-state index is 14.5. The van der Waals surface area contributed by atoms with Gasteiger partial charge in [0.1, 0.15) is 11.9 Å². The fraction of sp³-hybridized carbons (Fsp3) is 0.308. The normalized spacial score (nSPS) is 16.4. The zero-order valence-electron chi connectivity index (χ0n) is 17.4. The summed E-state index contributed by atoms with van der Waals surface area (Å²) in [6, 6.07) is 15.4. The first-order chi connectivity index (χ1) is 15.0. The average molecular weight is 426 g/mol. The Morgan fingerprint density at radius 2 is 1.61 bits per heavy atom. The van der Waals surface area contributed by atoms with Crippen LogP contribution in [0.25, 0.3) is 11.1 Å². The third-order valence-corrected chi connectivity index (χ3v) is 5.75. The summed E-state index contributed by atoms with van der Waals surface area (Å²) < 4.78 is 48.1. The molecule has 2 unspecified atom stereocenters. The standard InChI is InChI=1S/C26H25F3O2/c1-2-3-23(30)20-11-8-17(14-22(20)27)5-4-16-6-9-18(10-7-16)19-12-13-21(24-15-31-24)26(29)25(19)28/h6-14,23-24,30H,2-5,15H2,1H3. The monoisotopic (exact) mass is 426 g/mol. The van der Waals surface area contributed by atoms with E-state index in [-0.39, 0.29) is 23.0 Å². The van der Waals surface area contributed by atoms with Crippen LogP contribution in [0.1, 0.15) is 54.2 Å². The number of aliphatic hydroxyl groups excluding tert-OH is 1. The zero-order chi connectivity index (χ0) is 22.0. The summed E-state index contributed by atoms with van der Waals surface area (Å²) in [6.07, 6.45) is 1.53. The van der Waals surface area contributed by atoms with Crippen molar-refractivity contribution in [2.24, 2.45) is 0 Å². The van der Waals surface area contributed by atoms with Crippen LogP contribution < -0.4 is 0 Å². The van der Waals surface area contributed by atoms with Crippen LogP contribution in [0.5, 0.6) is 0 Å². The Labute approximate surface area is 180 Å². The number of aliphatic hydroxyl groups is 1. The van der Waals surface area contributed by atoms with E-state index in [0.717, 1.165) is 17.5 Å². The summed E-state index contributed by atoms with van der Waals surface area (Å²) in [4.78, 5) is 0. The molecule has 3 aromatic carbocycles. The third kappa shape index (κ3) is 4.83. The summed E-state index contributed by atoms with van der Waals surface area (Å²) in [5, 5.41) is 10.0. The molecule has 0 aliphatic carbocycles. The van der Waals surface area contributed by atoms with Crippen LogP contribution in [0.4, 0.5) is 13.2 Å². The first kappa shape index (κ1) is 21.6. The third-order valence-electron chi connectivity index (χ3n) is 5.75. The molecular formula is C26H25F3O2. The zero-order valence-corrected chi connectivity index (χ0v) is 17.4. The minimum Gasteiger partial charge on any atom is -0.388 e. The molecule has 2 atom stereocenters. The highest BCUT2D eigenvalue weighted by atomic mass is 19.2. The number of aryl methyl sites for hydroxylation is 2. The smallest absolute Gasteiger partial charge is 0.167 e. The van der Waals surface area contributed by atoms with E-state index in [2.05, 4.69) is 0 Å². The Balaban J connectivity index is 1.42. The van der Waals surface area contributed by atoms with Crippen molar-refractivity contribution in [3.8, 4) is 11.1 Å². The summed E-state index contributed by atoms with van der Waals surface area (Å²) in [5.74, 6) is -2.09. The summed E-state index contributed by atoms with van der Waals surface area (Å²) >= 11 is 0. The number of epoxide rings is 1. The van der Waals surface area contributed by atoms with Crippen molar-refractivity contribution in [2.45, 2.75) is 44.8 Å². The molecule has 1 N–H and O–H groups in total. The fourth-order valence-electron chi connectivity index (χ4n) is 3.83. The molecule has 0 aromatic heterocycles. The van der Waals surface area contributed by atoms with E-state index in [0.29, 0.717) is 37.0 Å². The Kier molecular flexibility index (Phi) is 6.44. The molecule has 5 heteroatoms. The van der Waals surface area contributed by atoms with Crippen molar-refractivity contribution in [1.82, 2.24) is 0 Å². The van der Waals surface area contributed by atoms with E-state index in [1.807, 2.05) is 25.1 Å². The van der Waals surface area contributed by atoms with E-state index < -0.39 is 17.7 Å². The lowest BCUT2D eigenvalue weighted by atomic mass is 9.97. The molecule has 1 aliphatic heterocycles.